The van der Waals surface area contributed by atoms with E-state index in [9.17, 15) is 4.79 Å². The summed E-state index contributed by atoms with van der Waals surface area (Å²) in [5.74, 6) is 1.21. The minimum Gasteiger partial charge on any atom is -0.491 e. The van der Waals surface area contributed by atoms with Crippen molar-refractivity contribution in [3.63, 3.8) is 0 Å². The third-order valence-corrected chi connectivity index (χ3v) is 3.43. The van der Waals surface area contributed by atoms with Gasteiger partial charge in [0.2, 0.25) is 5.43 Å². The van der Waals surface area contributed by atoms with Gasteiger partial charge in [0.25, 0.3) is 0 Å². The number of ether oxygens (including phenoxy) is 1. The number of methoxy groups -OCH3 is 1. The number of piperidine rings is 1. The van der Waals surface area contributed by atoms with Crippen LogP contribution in [0.15, 0.2) is 17.1 Å². The van der Waals surface area contributed by atoms with Crippen molar-refractivity contribution < 1.29 is 4.74 Å². The van der Waals surface area contributed by atoms with E-state index in [0.717, 1.165) is 31.2 Å². The summed E-state index contributed by atoms with van der Waals surface area (Å²) in [7, 11) is 1.51. The molecule has 0 aromatic carbocycles. The Morgan fingerprint density at radius 2 is 2.18 bits per heavy atom. The molecule has 0 radical (unpaired) electrons. The first-order valence-electron chi connectivity index (χ1n) is 6.17. The Balaban J connectivity index is 1.99. The quantitative estimate of drug-likeness (QED) is 0.867. The maximum Gasteiger partial charge on any atom is 0.223 e. The van der Waals surface area contributed by atoms with Crippen molar-refractivity contribution in [2.75, 3.05) is 20.2 Å². The fraction of sp³-hybridized carbons (Fsp3) is 0.615. The third-order valence-electron chi connectivity index (χ3n) is 3.43. The Labute approximate surface area is 102 Å². The molecule has 1 aromatic rings. The molecule has 1 aromatic heterocycles. The zero-order valence-electron chi connectivity index (χ0n) is 10.5. The van der Waals surface area contributed by atoms with Gasteiger partial charge in [-0.15, -0.1) is 0 Å². The van der Waals surface area contributed by atoms with E-state index in [2.05, 4.69) is 16.8 Å². The van der Waals surface area contributed by atoms with Gasteiger partial charge in [0.15, 0.2) is 5.75 Å². The number of nitrogens with zero attached hydrogens (tertiary/aromatic N) is 1. The molecule has 1 aliphatic rings. The number of aromatic nitrogens is 1. The highest BCUT2D eigenvalue weighted by atomic mass is 16.5. The fourth-order valence-corrected chi connectivity index (χ4v) is 2.21. The van der Waals surface area contributed by atoms with Gasteiger partial charge < -0.3 is 9.72 Å². The first-order valence-corrected chi connectivity index (χ1v) is 6.17. The van der Waals surface area contributed by atoms with E-state index in [1.807, 2.05) is 0 Å². The molecule has 1 aliphatic heterocycles. The molecule has 0 atom stereocenters. The summed E-state index contributed by atoms with van der Waals surface area (Å²) in [6.07, 6.45) is 4.14. The van der Waals surface area contributed by atoms with E-state index in [0.29, 0.717) is 5.75 Å². The first kappa shape index (κ1) is 12.2. The van der Waals surface area contributed by atoms with Crippen molar-refractivity contribution in [2.24, 2.45) is 5.92 Å². The molecule has 0 unspecified atom stereocenters. The molecule has 0 amide bonds. The summed E-state index contributed by atoms with van der Waals surface area (Å²) in [6, 6.07) is 1.64. The van der Waals surface area contributed by atoms with Gasteiger partial charge in [-0.2, -0.15) is 0 Å². The zero-order valence-corrected chi connectivity index (χ0v) is 10.5. The molecule has 94 valence electrons. The van der Waals surface area contributed by atoms with E-state index in [-0.39, 0.29) is 5.43 Å². The van der Waals surface area contributed by atoms with Crippen LogP contribution in [0.25, 0.3) is 0 Å². The highest BCUT2D eigenvalue weighted by Gasteiger charge is 2.16. The summed E-state index contributed by atoms with van der Waals surface area (Å²) in [5, 5.41) is 0. The molecular weight excluding hydrogens is 216 g/mol. The SMILES string of the molecule is COc1c[nH]c(CN2CCC(C)CC2)cc1=O. The molecule has 2 rings (SSSR count). The number of likely N-dealkylation sites (tertiary alicyclic amines) is 1. The van der Waals surface area contributed by atoms with Gasteiger partial charge in [0, 0.05) is 24.5 Å². The van der Waals surface area contributed by atoms with Crippen molar-refractivity contribution in [1.82, 2.24) is 9.88 Å². The van der Waals surface area contributed by atoms with Gasteiger partial charge in [-0.05, 0) is 31.8 Å². The number of H-pyrrole nitrogens is 1. The highest BCUT2D eigenvalue weighted by molar-refractivity contribution is 5.20. The molecular formula is C13H20N2O2. The van der Waals surface area contributed by atoms with E-state index in [1.165, 1.54) is 20.0 Å². The molecule has 0 spiro atoms. The molecule has 4 nitrogen and oxygen atoms in total. The van der Waals surface area contributed by atoms with Gasteiger partial charge in [0.1, 0.15) is 0 Å². The Kier molecular flexibility index (Phi) is 3.84. The summed E-state index contributed by atoms with van der Waals surface area (Å²) in [6.45, 7) is 5.36. The molecule has 0 aliphatic carbocycles. The van der Waals surface area contributed by atoms with Crippen LogP contribution in [0.2, 0.25) is 0 Å². The molecule has 1 saturated heterocycles. The summed E-state index contributed by atoms with van der Waals surface area (Å²) >= 11 is 0. The molecule has 0 saturated carbocycles. The topological polar surface area (TPSA) is 45.3 Å². The minimum absolute atomic E-state index is 0.0494. The van der Waals surface area contributed by atoms with Gasteiger partial charge in [0.05, 0.1) is 7.11 Å². The number of hydrogen-bond acceptors (Lipinski definition) is 3. The third kappa shape index (κ3) is 3.09. The molecule has 1 N–H and O–H groups in total. The monoisotopic (exact) mass is 236 g/mol. The number of nitrogens with one attached hydrogen (secondary N) is 1. The van der Waals surface area contributed by atoms with Gasteiger partial charge >= 0.3 is 0 Å². The van der Waals surface area contributed by atoms with Crippen molar-refractivity contribution in [2.45, 2.75) is 26.3 Å². The minimum atomic E-state index is -0.0494. The van der Waals surface area contributed by atoms with Crippen LogP contribution in [0.4, 0.5) is 0 Å². The Hall–Kier alpha value is -1.29. The largest absolute Gasteiger partial charge is 0.491 e. The highest BCUT2D eigenvalue weighted by Crippen LogP contribution is 2.17. The second kappa shape index (κ2) is 5.36. The van der Waals surface area contributed by atoms with Crippen LogP contribution in [0.5, 0.6) is 5.75 Å². The van der Waals surface area contributed by atoms with Crippen LogP contribution in [0.3, 0.4) is 0 Å². The smallest absolute Gasteiger partial charge is 0.223 e. The average molecular weight is 236 g/mol. The zero-order chi connectivity index (χ0) is 12.3. The van der Waals surface area contributed by atoms with Gasteiger partial charge in [-0.3, -0.25) is 9.69 Å². The Bertz CT molecular complexity index is 420. The van der Waals surface area contributed by atoms with Gasteiger partial charge in [-0.1, -0.05) is 6.92 Å². The van der Waals surface area contributed by atoms with Crippen LogP contribution in [0, 0.1) is 5.92 Å². The van der Waals surface area contributed by atoms with Crippen LogP contribution in [0.1, 0.15) is 25.5 Å². The van der Waals surface area contributed by atoms with Crippen molar-refractivity contribution in [3.8, 4) is 5.75 Å². The Morgan fingerprint density at radius 1 is 1.47 bits per heavy atom. The van der Waals surface area contributed by atoms with Crippen molar-refractivity contribution >= 4 is 0 Å². The standard InChI is InChI=1S/C13H20N2O2/c1-10-3-5-15(6-4-10)9-11-7-12(16)13(17-2)8-14-11/h7-8,10H,3-6,9H2,1-2H3,(H,14,16). The van der Waals surface area contributed by atoms with E-state index < -0.39 is 0 Å². The van der Waals surface area contributed by atoms with Crippen LogP contribution < -0.4 is 10.2 Å². The van der Waals surface area contributed by atoms with Crippen LogP contribution in [-0.4, -0.2) is 30.1 Å². The lowest BCUT2D eigenvalue weighted by Gasteiger charge is -2.29. The molecule has 2 heterocycles. The average Bonchev–Trinajstić information content (AvgIpc) is 2.32. The maximum atomic E-state index is 11.6. The normalized spacial score (nSPS) is 18.2. The lowest BCUT2D eigenvalue weighted by Crippen LogP contribution is -2.32. The van der Waals surface area contributed by atoms with Crippen molar-refractivity contribution in [3.05, 3.63) is 28.2 Å². The second-order valence-electron chi connectivity index (χ2n) is 4.85. The molecule has 17 heavy (non-hydrogen) atoms. The molecule has 1 fully saturated rings. The summed E-state index contributed by atoms with van der Waals surface area (Å²) in [4.78, 5) is 17.1. The van der Waals surface area contributed by atoms with Crippen LogP contribution >= 0.6 is 0 Å². The second-order valence-corrected chi connectivity index (χ2v) is 4.85. The molecule has 0 bridgehead atoms. The maximum absolute atomic E-state index is 11.6. The first-order chi connectivity index (χ1) is 8.19. The van der Waals surface area contributed by atoms with E-state index >= 15 is 0 Å². The Morgan fingerprint density at radius 3 is 2.76 bits per heavy atom. The summed E-state index contributed by atoms with van der Waals surface area (Å²) < 4.78 is 4.95. The van der Waals surface area contributed by atoms with Crippen molar-refractivity contribution in [1.29, 1.82) is 0 Å². The number of aromatic amines is 1. The molecule has 4 heteroatoms. The lowest BCUT2D eigenvalue weighted by atomic mass is 9.99. The van der Waals surface area contributed by atoms with Crippen LogP contribution in [-0.2, 0) is 6.54 Å². The fourth-order valence-electron chi connectivity index (χ4n) is 2.21. The number of rotatable bonds is 3. The number of hydrogen-bond donors (Lipinski definition) is 1. The van der Waals surface area contributed by atoms with E-state index in [1.54, 1.807) is 12.3 Å². The number of pyridine rings is 1. The lowest BCUT2D eigenvalue weighted by molar-refractivity contribution is 0.183. The van der Waals surface area contributed by atoms with E-state index in [4.69, 9.17) is 4.74 Å². The predicted octanol–water partition coefficient (Wildman–Crippen LogP) is 1.62. The predicted molar refractivity (Wildman–Crippen MR) is 67.3 cm³/mol. The van der Waals surface area contributed by atoms with Gasteiger partial charge in [-0.25, -0.2) is 0 Å². The summed E-state index contributed by atoms with van der Waals surface area (Å²) in [5.41, 5.74) is 0.914.